The fourth-order valence-electron chi connectivity index (χ4n) is 16.4. The van der Waals surface area contributed by atoms with Crippen LogP contribution in [0.3, 0.4) is 0 Å². The van der Waals surface area contributed by atoms with E-state index < -0.39 is 0 Å². The second kappa shape index (κ2) is 11.1. The van der Waals surface area contributed by atoms with E-state index in [-0.39, 0.29) is 43.3 Å². The van der Waals surface area contributed by atoms with Gasteiger partial charge in [-0.3, -0.25) is 0 Å². The van der Waals surface area contributed by atoms with Crippen LogP contribution in [-0.2, 0) is 0 Å². The van der Waals surface area contributed by atoms with Gasteiger partial charge in [0.2, 0.25) is 0 Å². The summed E-state index contributed by atoms with van der Waals surface area (Å²) in [5, 5.41) is 0. The summed E-state index contributed by atoms with van der Waals surface area (Å²) >= 11 is 0. The summed E-state index contributed by atoms with van der Waals surface area (Å²) in [6, 6.07) is 0. The van der Waals surface area contributed by atoms with Crippen molar-refractivity contribution < 1.29 is 0 Å². The van der Waals surface area contributed by atoms with Crippen LogP contribution in [0.1, 0.15) is 179 Å². The molecule has 308 valence electrons. The third kappa shape index (κ3) is 4.35. The van der Waals surface area contributed by atoms with Crippen molar-refractivity contribution in [1.82, 2.24) is 0 Å². The third-order valence-corrected chi connectivity index (χ3v) is 20.8. The normalized spacial score (nSPS) is 40.5. The highest BCUT2D eigenvalue weighted by Gasteiger charge is 2.63. The smallest absolute Gasteiger partial charge is 0.00655 e. The molecule has 3 saturated carbocycles. The van der Waals surface area contributed by atoms with Gasteiger partial charge in [-0.15, -0.1) is 0 Å². The molecule has 0 aromatic carbocycles. The Kier molecular flexibility index (Phi) is 7.07. The maximum absolute atomic E-state index is 2.80. The molecule has 0 heteroatoms. The van der Waals surface area contributed by atoms with Crippen molar-refractivity contribution in [3.63, 3.8) is 0 Å². The molecule has 12 rings (SSSR count). The zero-order chi connectivity index (χ0) is 41.2. The summed E-state index contributed by atoms with van der Waals surface area (Å²) in [5.41, 5.74) is 32.3. The van der Waals surface area contributed by atoms with E-state index in [1.54, 1.807) is 100 Å². The van der Waals surface area contributed by atoms with Crippen molar-refractivity contribution in [2.75, 3.05) is 0 Å². The minimum absolute atomic E-state index is 0.126. The fraction of sp³-hybridized carbons (Fsp3) is 0.593. The average Bonchev–Trinajstić information content (AvgIpc) is 3.98. The Hall–Kier alpha value is -3.12. The first kappa shape index (κ1) is 37.6. The molecule has 0 aromatic heterocycles. The Morgan fingerprint density at radius 3 is 0.729 bits per heavy atom. The Labute approximate surface area is 358 Å². The lowest BCUT2D eigenvalue weighted by atomic mass is 9.53. The van der Waals surface area contributed by atoms with E-state index in [2.05, 4.69) is 120 Å². The van der Waals surface area contributed by atoms with Crippen LogP contribution < -0.4 is 0 Å². The minimum atomic E-state index is 0.126. The van der Waals surface area contributed by atoms with Gasteiger partial charge in [0.25, 0.3) is 0 Å². The van der Waals surface area contributed by atoms with Gasteiger partial charge in [0, 0.05) is 32.5 Å². The first-order valence-electron chi connectivity index (χ1n) is 24.3. The summed E-state index contributed by atoms with van der Waals surface area (Å²) in [4.78, 5) is 0. The zero-order valence-corrected chi connectivity index (χ0v) is 39.1. The lowest BCUT2D eigenvalue weighted by Gasteiger charge is -2.50. The van der Waals surface area contributed by atoms with Crippen LogP contribution in [-0.4, -0.2) is 0 Å². The molecule has 0 aliphatic heterocycles. The fourth-order valence-corrected chi connectivity index (χ4v) is 16.4. The molecule has 0 N–H and O–H groups in total. The number of fused-ring (bicyclic) bond motifs is 12. The molecule has 6 unspecified atom stereocenters. The monoisotopic (exact) mass is 781 g/mol. The Balaban J connectivity index is 0.901. The summed E-state index contributed by atoms with van der Waals surface area (Å²) < 4.78 is 0. The number of hydrogen-bond donors (Lipinski definition) is 0. The molecule has 6 atom stereocenters. The quantitative estimate of drug-likeness (QED) is 0.262. The lowest BCUT2D eigenvalue weighted by Crippen LogP contribution is -2.41. The van der Waals surface area contributed by atoms with Gasteiger partial charge in [-0.25, -0.2) is 0 Å². The van der Waals surface area contributed by atoms with E-state index in [1.165, 1.54) is 96.3 Å². The molecule has 0 bridgehead atoms. The Bertz CT molecular complexity index is 2360. The topological polar surface area (TPSA) is 0 Å². The van der Waals surface area contributed by atoms with E-state index in [0.29, 0.717) is 0 Å². The Morgan fingerprint density at radius 1 is 0.305 bits per heavy atom. The van der Waals surface area contributed by atoms with Crippen LogP contribution in [0.4, 0.5) is 0 Å². The van der Waals surface area contributed by atoms with Gasteiger partial charge in [-0.2, -0.15) is 0 Å². The molecule has 59 heavy (non-hydrogen) atoms. The zero-order valence-electron chi connectivity index (χ0n) is 39.1. The van der Waals surface area contributed by atoms with Gasteiger partial charge in [-0.05, 0) is 196 Å². The molecule has 0 radical (unpaired) electrons. The SMILES string of the molecule is CC(C)(C)C1=CC2=C3CCCC3=C3C=C(C4=CC5=C6CCCC6=C6C=C(C7=CC8=C9CCCC9=C9C=C(C(C)(C)C)CC9(C)C8(C)C7)CC6(C)C5(C)C4)CC3(C)C2(C)C1. The maximum atomic E-state index is 2.80. The van der Waals surface area contributed by atoms with Crippen LogP contribution in [0.5, 0.6) is 0 Å². The van der Waals surface area contributed by atoms with Crippen molar-refractivity contribution in [2.45, 2.75) is 179 Å². The molecule has 12 aliphatic rings. The van der Waals surface area contributed by atoms with Crippen LogP contribution in [0, 0.1) is 43.3 Å². The van der Waals surface area contributed by atoms with Gasteiger partial charge in [0.05, 0.1) is 0 Å². The summed E-state index contributed by atoms with van der Waals surface area (Å²) in [7, 11) is 0. The average molecular weight is 781 g/mol. The minimum Gasteiger partial charge on any atom is -0.0636 e. The van der Waals surface area contributed by atoms with Crippen molar-refractivity contribution in [2.24, 2.45) is 43.3 Å². The summed E-state index contributed by atoms with van der Waals surface area (Å²) in [6.07, 6.45) is 35.4. The summed E-state index contributed by atoms with van der Waals surface area (Å²) in [6.45, 7) is 30.8. The van der Waals surface area contributed by atoms with Crippen molar-refractivity contribution in [3.05, 3.63) is 137 Å². The van der Waals surface area contributed by atoms with Crippen LogP contribution in [0.2, 0.25) is 0 Å². The lowest BCUT2D eigenvalue weighted by molar-refractivity contribution is 0.156. The van der Waals surface area contributed by atoms with Gasteiger partial charge in [0.15, 0.2) is 0 Å². The molecule has 12 aliphatic carbocycles. The summed E-state index contributed by atoms with van der Waals surface area (Å²) in [5.74, 6) is 0. The molecular formula is C59H72. The third-order valence-electron chi connectivity index (χ3n) is 20.8. The van der Waals surface area contributed by atoms with Crippen molar-refractivity contribution in [1.29, 1.82) is 0 Å². The largest absolute Gasteiger partial charge is 0.0636 e. The van der Waals surface area contributed by atoms with Gasteiger partial charge in [0.1, 0.15) is 0 Å². The number of rotatable bonds is 2. The molecular weight excluding hydrogens is 709 g/mol. The van der Waals surface area contributed by atoms with Crippen molar-refractivity contribution >= 4 is 0 Å². The van der Waals surface area contributed by atoms with Gasteiger partial charge >= 0.3 is 0 Å². The molecule has 0 spiro atoms. The first-order chi connectivity index (χ1) is 27.6. The van der Waals surface area contributed by atoms with Gasteiger partial charge < -0.3 is 0 Å². The van der Waals surface area contributed by atoms with Crippen LogP contribution >= 0.6 is 0 Å². The molecule has 0 nitrogen and oxygen atoms in total. The van der Waals surface area contributed by atoms with Crippen LogP contribution in [0.15, 0.2) is 137 Å². The number of hydrogen-bond acceptors (Lipinski definition) is 0. The predicted molar refractivity (Wildman–Crippen MR) is 247 cm³/mol. The maximum Gasteiger partial charge on any atom is 0.00655 e. The highest BCUT2D eigenvalue weighted by atomic mass is 14.7. The highest BCUT2D eigenvalue weighted by Crippen LogP contribution is 2.75. The van der Waals surface area contributed by atoms with Crippen molar-refractivity contribution in [3.8, 4) is 0 Å². The molecule has 0 heterocycles. The van der Waals surface area contributed by atoms with Gasteiger partial charge in [-0.1, -0.05) is 131 Å². The first-order valence-corrected chi connectivity index (χ1v) is 24.3. The second-order valence-corrected chi connectivity index (χ2v) is 25.5. The Morgan fingerprint density at radius 2 is 0.508 bits per heavy atom. The standard InChI is InChI=1S/C59H72/c1-52(2,3)38-26-50-44-20-14-18-42(44)48-24-36(30-56(48,9)58(50,11)32-38)34-22-46-40-16-13-17-41(40)47-23-35(29-55(47,8)54(46,7)28-34)37-25-49-43-19-15-21-45(43)51-27-39(53(4,5)6)33-59(51,12)57(49,10)31-37/h22-27H,13-21,28-33H2,1-12H3. The van der Waals surface area contributed by atoms with Crippen LogP contribution in [0.25, 0.3) is 0 Å². The van der Waals surface area contributed by atoms with E-state index in [9.17, 15) is 0 Å². The predicted octanol–water partition coefficient (Wildman–Crippen LogP) is 16.5. The highest BCUT2D eigenvalue weighted by molar-refractivity contribution is 5.71. The van der Waals surface area contributed by atoms with E-state index in [0.717, 1.165) is 0 Å². The number of allylic oxidation sites excluding steroid dienone is 24. The molecule has 3 fully saturated rings. The van der Waals surface area contributed by atoms with E-state index in [4.69, 9.17) is 0 Å². The van der Waals surface area contributed by atoms with E-state index >= 15 is 0 Å². The molecule has 0 saturated heterocycles. The van der Waals surface area contributed by atoms with E-state index in [1.807, 2.05) is 0 Å². The molecule has 0 amide bonds. The second-order valence-electron chi connectivity index (χ2n) is 25.5. The molecule has 0 aromatic rings.